The number of hydrogen-bond donors (Lipinski definition) is 1. The fourth-order valence-electron chi connectivity index (χ4n) is 2.82. The Morgan fingerprint density at radius 1 is 1.33 bits per heavy atom. The number of thiophene rings is 1. The van der Waals surface area contributed by atoms with Gasteiger partial charge in [0, 0.05) is 24.0 Å². The maximum atomic E-state index is 11.8. The minimum Gasteiger partial charge on any atom is -0.315 e. The lowest BCUT2D eigenvalue weighted by molar-refractivity contribution is -0.118. The molecule has 0 bridgehead atoms. The average molecular weight is 321 g/mol. The normalized spacial score (nSPS) is 16.0. The van der Waals surface area contributed by atoms with Gasteiger partial charge in [-0.1, -0.05) is 23.7 Å². The van der Waals surface area contributed by atoms with Crippen LogP contribution in [0.4, 0.5) is 5.69 Å². The van der Waals surface area contributed by atoms with E-state index in [0.717, 1.165) is 22.0 Å². The van der Waals surface area contributed by atoms with Crippen LogP contribution in [0.15, 0.2) is 29.6 Å². The molecule has 2 aromatic rings. The van der Waals surface area contributed by atoms with Gasteiger partial charge in [0.15, 0.2) is 0 Å². The summed E-state index contributed by atoms with van der Waals surface area (Å²) in [5.41, 5.74) is 3.42. The number of halogens is 1. The fourth-order valence-corrected chi connectivity index (χ4v) is 4.12. The molecule has 0 radical (unpaired) electrons. The number of benzene rings is 1. The van der Waals surface area contributed by atoms with Crippen molar-refractivity contribution in [2.45, 2.75) is 18.9 Å². The van der Waals surface area contributed by atoms with E-state index in [9.17, 15) is 4.79 Å². The van der Waals surface area contributed by atoms with Crippen LogP contribution in [0, 0.1) is 0 Å². The Bertz CT molecular complexity index is 683. The van der Waals surface area contributed by atoms with Crippen LogP contribution in [-0.4, -0.2) is 20.0 Å². The third-order valence-corrected chi connectivity index (χ3v) is 5.40. The minimum absolute atomic E-state index is 0.0886. The number of fused-ring (bicyclic) bond motifs is 1. The van der Waals surface area contributed by atoms with Crippen molar-refractivity contribution in [2.24, 2.45) is 0 Å². The molecule has 1 N–H and O–H groups in total. The van der Waals surface area contributed by atoms with Gasteiger partial charge in [-0.3, -0.25) is 4.79 Å². The SMILES string of the molecule is CNC(c1ccc2c(c1)CCC(=O)N2C)c1sccc1Cl. The summed E-state index contributed by atoms with van der Waals surface area (Å²) in [5, 5.41) is 6.14. The third-order valence-electron chi connectivity index (χ3n) is 3.98. The molecule has 1 aromatic carbocycles. The van der Waals surface area contributed by atoms with Gasteiger partial charge in [-0.25, -0.2) is 0 Å². The molecular formula is C16H17ClN2OS. The molecule has 0 fully saturated rings. The number of amides is 1. The third kappa shape index (κ3) is 2.59. The van der Waals surface area contributed by atoms with E-state index < -0.39 is 0 Å². The van der Waals surface area contributed by atoms with Crippen molar-refractivity contribution in [1.82, 2.24) is 5.32 Å². The molecule has 1 aliphatic heterocycles. The Morgan fingerprint density at radius 2 is 2.14 bits per heavy atom. The van der Waals surface area contributed by atoms with Crippen molar-refractivity contribution < 1.29 is 4.79 Å². The van der Waals surface area contributed by atoms with E-state index in [1.807, 2.05) is 31.6 Å². The molecular weight excluding hydrogens is 304 g/mol. The molecule has 0 saturated heterocycles. The topological polar surface area (TPSA) is 32.3 Å². The highest BCUT2D eigenvalue weighted by atomic mass is 35.5. The number of anilines is 1. The number of hydrogen-bond acceptors (Lipinski definition) is 3. The lowest BCUT2D eigenvalue weighted by Gasteiger charge is -2.27. The summed E-state index contributed by atoms with van der Waals surface area (Å²) in [6.07, 6.45) is 1.39. The highest BCUT2D eigenvalue weighted by molar-refractivity contribution is 7.10. The van der Waals surface area contributed by atoms with Crippen LogP contribution in [0.2, 0.25) is 5.02 Å². The zero-order chi connectivity index (χ0) is 15.0. The molecule has 21 heavy (non-hydrogen) atoms. The monoisotopic (exact) mass is 320 g/mol. The first-order chi connectivity index (χ1) is 10.1. The molecule has 1 aliphatic rings. The summed E-state index contributed by atoms with van der Waals surface area (Å²) in [6.45, 7) is 0. The van der Waals surface area contributed by atoms with Gasteiger partial charge in [0.2, 0.25) is 5.91 Å². The van der Waals surface area contributed by atoms with Gasteiger partial charge in [0.25, 0.3) is 0 Å². The van der Waals surface area contributed by atoms with Gasteiger partial charge in [-0.15, -0.1) is 11.3 Å². The van der Waals surface area contributed by atoms with Crippen LogP contribution in [0.1, 0.15) is 28.5 Å². The van der Waals surface area contributed by atoms with Gasteiger partial charge in [-0.05, 0) is 42.1 Å². The fraction of sp³-hybridized carbons (Fsp3) is 0.312. The molecule has 2 heterocycles. The second-order valence-electron chi connectivity index (χ2n) is 5.20. The van der Waals surface area contributed by atoms with Crippen LogP contribution in [0.25, 0.3) is 0 Å². The van der Waals surface area contributed by atoms with Crippen molar-refractivity contribution in [2.75, 3.05) is 19.0 Å². The van der Waals surface area contributed by atoms with E-state index in [1.54, 1.807) is 16.2 Å². The van der Waals surface area contributed by atoms with Crippen molar-refractivity contribution >= 4 is 34.5 Å². The second kappa shape index (κ2) is 5.79. The van der Waals surface area contributed by atoms with Gasteiger partial charge >= 0.3 is 0 Å². The molecule has 0 aliphatic carbocycles. The number of aryl methyl sites for hydroxylation is 1. The molecule has 110 valence electrons. The molecule has 0 saturated carbocycles. The molecule has 3 rings (SSSR count). The van der Waals surface area contributed by atoms with Crippen molar-refractivity contribution in [3.8, 4) is 0 Å². The van der Waals surface area contributed by atoms with E-state index >= 15 is 0 Å². The second-order valence-corrected chi connectivity index (χ2v) is 6.55. The Kier molecular flexibility index (Phi) is 4.02. The summed E-state index contributed by atoms with van der Waals surface area (Å²) in [6, 6.07) is 8.32. The molecule has 1 unspecified atom stereocenters. The van der Waals surface area contributed by atoms with Crippen LogP contribution in [-0.2, 0) is 11.2 Å². The Balaban J connectivity index is 2.00. The van der Waals surface area contributed by atoms with Crippen molar-refractivity contribution in [1.29, 1.82) is 0 Å². The van der Waals surface area contributed by atoms with Gasteiger partial charge in [0.1, 0.15) is 0 Å². The van der Waals surface area contributed by atoms with Crippen LogP contribution in [0.3, 0.4) is 0 Å². The zero-order valence-corrected chi connectivity index (χ0v) is 13.6. The zero-order valence-electron chi connectivity index (χ0n) is 12.0. The first-order valence-corrected chi connectivity index (χ1v) is 8.17. The summed E-state index contributed by atoms with van der Waals surface area (Å²) < 4.78 is 0. The van der Waals surface area contributed by atoms with E-state index in [0.29, 0.717) is 6.42 Å². The van der Waals surface area contributed by atoms with E-state index in [-0.39, 0.29) is 11.9 Å². The largest absolute Gasteiger partial charge is 0.315 e. The maximum Gasteiger partial charge on any atom is 0.227 e. The van der Waals surface area contributed by atoms with Crippen molar-refractivity contribution in [3.63, 3.8) is 0 Å². The summed E-state index contributed by atoms with van der Waals surface area (Å²) >= 11 is 7.92. The Morgan fingerprint density at radius 3 is 2.81 bits per heavy atom. The van der Waals surface area contributed by atoms with Crippen LogP contribution < -0.4 is 10.2 Å². The predicted molar refractivity (Wildman–Crippen MR) is 88.4 cm³/mol. The highest BCUT2D eigenvalue weighted by Crippen LogP contribution is 2.35. The maximum absolute atomic E-state index is 11.8. The molecule has 1 amide bonds. The quantitative estimate of drug-likeness (QED) is 0.936. The standard InChI is InChI=1S/C16H17ClN2OS/c1-18-15(16-12(17)7-8-21-16)11-3-5-13-10(9-11)4-6-14(20)19(13)2/h3,5,7-9,15,18H,4,6H2,1-2H3. The molecule has 1 atom stereocenters. The first-order valence-electron chi connectivity index (χ1n) is 6.91. The first kappa shape index (κ1) is 14.6. The molecule has 1 aromatic heterocycles. The van der Waals surface area contributed by atoms with Gasteiger partial charge < -0.3 is 10.2 Å². The molecule has 5 heteroatoms. The Hall–Kier alpha value is -1.36. The predicted octanol–water partition coefficient (Wildman–Crippen LogP) is 3.62. The average Bonchev–Trinajstić information content (AvgIpc) is 2.90. The number of carbonyl (C=O) groups is 1. The van der Waals surface area contributed by atoms with Crippen LogP contribution >= 0.6 is 22.9 Å². The lowest BCUT2D eigenvalue weighted by atomic mass is 9.96. The molecule has 0 spiro atoms. The summed E-state index contributed by atoms with van der Waals surface area (Å²) in [4.78, 5) is 14.6. The number of carbonyl (C=O) groups excluding carboxylic acids is 1. The number of nitrogens with one attached hydrogen (secondary N) is 1. The van der Waals surface area contributed by atoms with Gasteiger partial charge in [0.05, 0.1) is 11.1 Å². The smallest absolute Gasteiger partial charge is 0.227 e. The van der Waals surface area contributed by atoms with Crippen LogP contribution in [0.5, 0.6) is 0 Å². The van der Waals surface area contributed by atoms with Crippen molar-refractivity contribution in [3.05, 3.63) is 50.7 Å². The molecule has 3 nitrogen and oxygen atoms in total. The number of rotatable bonds is 3. The lowest BCUT2D eigenvalue weighted by Crippen LogP contribution is -2.31. The number of nitrogens with zero attached hydrogens (tertiary/aromatic N) is 1. The van der Waals surface area contributed by atoms with Gasteiger partial charge in [-0.2, -0.15) is 0 Å². The summed E-state index contributed by atoms with van der Waals surface area (Å²) in [5.74, 6) is 0.182. The Labute approximate surface area is 133 Å². The highest BCUT2D eigenvalue weighted by Gasteiger charge is 2.23. The summed E-state index contributed by atoms with van der Waals surface area (Å²) in [7, 11) is 3.78. The van der Waals surface area contributed by atoms with E-state index in [2.05, 4.69) is 17.4 Å². The minimum atomic E-state index is 0.0886. The van der Waals surface area contributed by atoms with E-state index in [4.69, 9.17) is 11.6 Å². The van der Waals surface area contributed by atoms with E-state index in [1.165, 1.54) is 11.1 Å².